The van der Waals surface area contributed by atoms with Crippen molar-refractivity contribution >= 4 is 88.9 Å². The number of rotatable bonds is 45. The Balaban J connectivity index is 0.00000198. The maximum absolute atomic E-state index is 13.3. The Kier molecular flexibility index (Phi) is 40.8. The van der Waals surface area contributed by atoms with Gasteiger partial charge in [-0.1, -0.05) is 99.6 Å². The van der Waals surface area contributed by atoms with E-state index in [9.17, 15) is 92.3 Å². The predicted molar refractivity (Wildman–Crippen MR) is 355 cm³/mol. The van der Waals surface area contributed by atoms with Crippen LogP contribution in [-0.2, 0) is 78.3 Å². The molecule has 0 radical (unpaired) electrons. The van der Waals surface area contributed by atoms with Gasteiger partial charge in [-0.15, -0.1) is 0 Å². The van der Waals surface area contributed by atoms with E-state index in [-0.39, 0.29) is 62.2 Å². The number of hydrogen-bond donors (Lipinski definition) is 19. The Morgan fingerprint density at radius 2 is 0.735 bits per heavy atom. The predicted octanol–water partition coefficient (Wildman–Crippen LogP) is -2.77. The molecule has 34 nitrogen and oxygen atoms in total. The first kappa shape index (κ1) is 89.1. The van der Waals surface area contributed by atoms with E-state index < -0.39 is 205 Å². The smallest absolute Gasteiger partial charge is 0.326 e. The van der Waals surface area contributed by atoms with Crippen LogP contribution in [0.15, 0.2) is 30.3 Å². The van der Waals surface area contributed by atoms with Crippen LogP contribution in [0.5, 0.6) is 0 Å². The molecule has 1 aromatic rings. The van der Waals surface area contributed by atoms with Gasteiger partial charge in [0, 0.05) is 24.7 Å². The normalized spacial score (nSPS) is 15.8. The first-order valence-electron chi connectivity index (χ1n) is 32.4. The van der Waals surface area contributed by atoms with Crippen LogP contribution >= 0.6 is 0 Å². The summed E-state index contributed by atoms with van der Waals surface area (Å²) in [4.78, 5) is 185. The lowest BCUT2D eigenvalue weighted by Gasteiger charge is -2.30. The third-order valence-corrected chi connectivity index (χ3v) is 15.4. The van der Waals surface area contributed by atoms with E-state index >= 15 is 0 Å². The van der Waals surface area contributed by atoms with Gasteiger partial charge in [0.2, 0.25) is 65.0 Å². The van der Waals surface area contributed by atoms with E-state index in [0.717, 1.165) is 0 Å². The number of aliphatic carboxylic acids is 4. The minimum Gasteiger partial charge on any atom is -0.481 e. The number of likely N-dealkylation sites (N-methyl/N-ethyl adjacent to an activating group) is 2. The lowest BCUT2D eigenvalue weighted by molar-refractivity contribution is -0.147. The number of nitrogens with two attached hydrogens (primary N) is 2. The van der Waals surface area contributed by atoms with Crippen molar-refractivity contribution in [2.75, 3.05) is 14.1 Å². The number of benzene rings is 1. The summed E-state index contributed by atoms with van der Waals surface area (Å²) in [5.74, 6) is -15.9. The zero-order valence-electron chi connectivity index (χ0n) is 58.4. The molecule has 34 heteroatoms. The van der Waals surface area contributed by atoms with Gasteiger partial charge in [0.1, 0.15) is 42.3 Å². The van der Waals surface area contributed by atoms with Crippen molar-refractivity contribution in [3.8, 4) is 0 Å². The molecule has 0 fully saturated rings. The summed E-state index contributed by atoms with van der Waals surface area (Å²) in [5.41, 5.74) is 11.3. The number of nitrogens with one attached hydrogen (secondary N) is 11. The van der Waals surface area contributed by atoms with Crippen molar-refractivity contribution in [2.24, 2.45) is 47.0 Å². The van der Waals surface area contributed by atoms with E-state index in [2.05, 4.69) is 58.5 Å². The largest absolute Gasteiger partial charge is 0.481 e. The molecule has 1 rings (SSSR count). The highest BCUT2D eigenvalue weighted by molar-refractivity contribution is 5.96. The summed E-state index contributed by atoms with van der Waals surface area (Å²) in [6.45, 7) is 20.2. The zero-order valence-corrected chi connectivity index (χ0v) is 58.4. The van der Waals surface area contributed by atoms with Gasteiger partial charge in [-0.3, -0.25) is 62.3 Å². The Morgan fingerprint density at radius 3 is 1.05 bits per heavy atom. The van der Waals surface area contributed by atoms with Crippen LogP contribution in [0.4, 0.5) is 0 Å². The molecule has 0 heterocycles. The van der Waals surface area contributed by atoms with Gasteiger partial charge < -0.3 is 101 Å². The van der Waals surface area contributed by atoms with Gasteiger partial charge in [0.25, 0.3) is 0 Å². The van der Waals surface area contributed by atoms with Crippen LogP contribution in [0.2, 0.25) is 0 Å². The lowest BCUT2D eigenvalue weighted by Crippen LogP contribution is -2.57. The number of carboxylic acid groups (broad SMARTS) is 4. The maximum Gasteiger partial charge on any atom is 0.326 e. The van der Waals surface area contributed by atoms with E-state index in [1.165, 1.54) is 27.7 Å². The van der Waals surface area contributed by atoms with Gasteiger partial charge in [0.05, 0.1) is 55.6 Å². The number of primary amides is 2. The molecule has 0 aliphatic carbocycles. The number of aliphatic hydroxyl groups excluding tert-OH is 2. The van der Waals surface area contributed by atoms with Crippen LogP contribution in [0.25, 0.3) is 0 Å². The quantitative estimate of drug-likeness (QED) is 0.0314. The summed E-state index contributed by atoms with van der Waals surface area (Å²) < 4.78 is 0. The Hall–Kier alpha value is -8.89. The maximum atomic E-state index is 13.3. The van der Waals surface area contributed by atoms with Gasteiger partial charge in [-0.2, -0.15) is 0 Å². The van der Waals surface area contributed by atoms with Crippen LogP contribution in [0.1, 0.15) is 146 Å². The summed E-state index contributed by atoms with van der Waals surface area (Å²) >= 11 is 0. The Morgan fingerprint density at radius 1 is 0.388 bits per heavy atom. The molecule has 1 aromatic carbocycles. The SMILES string of the molecule is CNC(C(=O)NC(CC(N)=O)C(=O)NC(CC(C)C)C(O)CC(C)C(=O)NC(C)C(=O)NC(CC(=O)O)C(=O)O)C(C)C.CNC(C(=O)NC(CC(N)=O)C(=O)NC(CC(C)C)C(O)CC(C)C(=O)NC(C)C(=O)NC(CCC(=O)O)C(=O)NC(Cc1ccccc1)C(=O)O)C(C)C. The van der Waals surface area contributed by atoms with E-state index in [0.29, 0.717) is 5.56 Å². The van der Waals surface area contributed by atoms with Crippen molar-refractivity contribution in [1.29, 1.82) is 0 Å². The Labute approximate surface area is 571 Å². The molecule has 0 bridgehead atoms. The van der Waals surface area contributed by atoms with Crippen LogP contribution in [0, 0.1) is 35.5 Å². The number of amides is 11. The highest BCUT2D eigenvalue weighted by atomic mass is 16.4. The average Bonchev–Trinajstić information content (AvgIpc) is 0.873. The lowest BCUT2D eigenvalue weighted by atomic mass is 9.92. The van der Waals surface area contributed by atoms with E-state index in [1.807, 2.05) is 27.7 Å². The van der Waals surface area contributed by atoms with Gasteiger partial charge in [-0.05, 0) is 89.3 Å². The first-order valence-corrected chi connectivity index (χ1v) is 32.4. The van der Waals surface area contributed by atoms with Crippen molar-refractivity contribution in [2.45, 2.75) is 226 Å². The molecular formula is C64H107N13O21. The van der Waals surface area contributed by atoms with Gasteiger partial charge >= 0.3 is 23.9 Å². The minimum absolute atomic E-state index is 0.0143. The van der Waals surface area contributed by atoms with Gasteiger partial charge in [0.15, 0.2) is 0 Å². The molecule has 0 spiro atoms. The molecular weight excluding hydrogens is 1290 g/mol. The number of carbonyl (C=O) groups excluding carboxylic acids is 11. The third-order valence-electron chi connectivity index (χ3n) is 15.4. The Bertz CT molecular complexity index is 2850. The summed E-state index contributed by atoms with van der Waals surface area (Å²) in [5, 5.41) is 86.9. The summed E-state index contributed by atoms with van der Waals surface area (Å²) in [6, 6.07) is -4.23. The van der Waals surface area contributed by atoms with Crippen molar-refractivity contribution < 1.29 is 103 Å². The van der Waals surface area contributed by atoms with Crippen LogP contribution in [0.3, 0.4) is 0 Å². The fraction of sp³-hybridized carbons (Fsp3) is 0.672. The second-order valence-electron chi connectivity index (χ2n) is 25.9. The van der Waals surface area contributed by atoms with E-state index in [1.54, 1.807) is 72.1 Å². The monoisotopic (exact) mass is 1390 g/mol. The second-order valence-corrected chi connectivity index (χ2v) is 25.9. The molecule has 21 N–H and O–H groups in total. The minimum atomic E-state index is -1.69. The molecule has 11 amide bonds. The van der Waals surface area contributed by atoms with Crippen LogP contribution < -0.4 is 70.0 Å². The summed E-state index contributed by atoms with van der Waals surface area (Å²) in [7, 11) is 3.16. The molecule has 15 atom stereocenters. The highest BCUT2D eigenvalue weighted by Crippen LogP contribution is 2.19. The molecule has 0 saturated carbocycles. The fourth-order valence-electron chi connectivity index (χ4n) is 10.0. The average molecular weight is 1390 g/mol. The van der Waals surface area contributed by atoms with Crippen molar-refractivity contribution in [1.82, 2.24) is 58.5 Å². The highest BCUT2D eigenvalue weighted by Gasteiger charge is 2.37. The number of carboxylic acids is 4. The second kappa shape index (κ2) is 44.8. The van der Waals surface area contributed by atoms with Gasteiger partial charge in [-0.25, -0.2) is 9.59 Å². The first-order chi connectivity index (χ1) is 45.5. The number of aliphatic hydroxyl groups is 2. The summed E-state index contributed by atoms with van der Waals surface area (Å²) in [6.07, 6.45) is -5.14. The molecule has 0 aromatic heterocycles. The van der Waals surface area contributed by atoms with Crippen LogP contribution in [-0.4, -0.2) is 212 Å². The third kappa shape index (κ3) is 34.9. The number of carbonyl (C=O) groups is 15. The zero-order chi connectivity index (χ0) is 75.6. The molecule has 0 aliphatic rings. The molecule has 554 valence electrons. The van der Waals surface area contributed by atoms with E-state index in [4.69, 9.17) is 21.7 Å². The molecule has 0 aliphatic heterocycles. The molecule has 15 unspecified atom stereocenters. The molecule has 0 saturated heterocycles. The standard InChI is InChI=1S/C37H59N7O11.C27H48N6O10/c1-19(2)15-25(42-35(52)26(18-29(38)46)43-36(53)31(39-7)20(3)4)28(45)16-21(5)32(49)40-22(6)33(50)41-24(13-14-30(47)48)34(51)44-27(37(54)55)17-23-11-9-8-10-12-23;1-12(2)8-16(31-25(40)17(10-20(28)35)32-26(41)22(29-7)13(3)4)19(34)9-14(5)23(38)30-15(6)24(39)33-18(27(42)43)11-21(36)37/h8-12,19-22,24-28,31,39,45H,13-18H2,1-7H3,(H2,38,46)(H,40,49)(H,41,50)(H,42,52)(H,43,53)(H,44,51)(H,47,48)(H,54,55);12-19,22,29,34H,8-11H2,1-7H3,(H2,28,35)(H,30,38)(H,31,40)(H,32,41)(H,33,39)(H,36,37)(H,42,43). The molecule has 98 heavy (non-hydrogen) atoms. The van der Waals surface area contributed by atoms with Crippen molar-refractivity contribution in [3.05, 3.63) is 35.9 Å². The van der Waals surface area contributed by atoms with Crippen molar-refractivity contribution in [3.63, 3.8) is 0 Å². The number of hydrogen-bond acceptors (Lipinski definition) is 19. The fourth-order valence-corrected chi connectivity index (χ4v) is 10.0. The topological polar surface area (TPSA) is 562 Å².